The summed E-state index contributed by atoms with van der Waals surface area (Å²) in [5.74, 6) is 1.55. The first-order valence-electron chi connectivity index (χ1n) is 7.84. The van der Waals surface area contributed by atoms with Gasteiger partial charge in [0.05, 0.1) is 5.69 Å². The monoisotopic (exact) mass is 292 g/mol. The van der Waals surface area contributed by atoms with Crippen LogP contribution >= 0.6 is 0 Å². The van der Waals surface area contributed by atoms with Gasteiger partial charge in [-0.05, 0) is 25.9 Å². The average molecular weight is 292 g/mol. The number of aromatic nitrogens is 2. The second kappa shape index (κ2) is 7.56. The molecule has 1 aliphatic heterocycles. The molecule has 0 aromatic carbocycles. The number of hydrogen-bond donors (Lipinski definition) is 2. The lowest BCUT2D eigenvalue weighted by atomic mass is 10.1. The van der Waals surface area contributed by atoms with Crippen LogP contribution in [0.5, 0.6) is 0 Å². The van der Waals surface area contributed by atoms with Gasteiger partial charge in [-0.15, -0.1) is 0 Å². The quantitative estimate of drug-likeness (QED) is 0.769. The van der Waals surface area contributed by atoms with Crippen LogP contribution in [0.3, 0.4) is 0 Å². The zero-order valence-corrected chi connectivity index (χ0v) is 13.5. The lowest BCUT2D eigenvalue weighted by Crippen LogP contribution is -2.44. The highest BCUT2D eigenvalue weighted by atomic mass is 15.2. The molecule has 1 aromatic rings. The molecule has 1 saturated heterocycles. The van der Waals surface area contributed by atoms with Crippen molar-refractivity contribution in [1.82, 2.24) is 19.8 Å². The molecule has 6 heteroatoms. The predicted molar refractivity (Wildman–Crippen MR) is 87.6 cm³/mol. The Labute approximate surface area is 127 Å². The maximum Gasteiger partial charge on any atom is 0.224 e. The number of anilines is 2. The Morgan fingerprint density at radius 1 is 1.24 bits per heavy atom. The molecule has 1 aliphatic rings. The smallest absolute Gasteiger partial charge is 0.224 e. The van der Waals surface area contributed by atoms with Crippen molar-refractivity contribution in [2.24, 2.45) is 0 Å². The van der Waals surface area contributed by atoms with Crippen molar-refractivity contribution in [2.75, 3.05) is 57.4 Å². The van der Waals surface area contributed by atoms with Gasteiger partial charge in [0.1, 0.15) is 5.82 Å². The molecule has 0 aliphatic carbocycles. The topological polar surface area (TPSA) is 70.3 Å². The van der Waals surface area contributed by atoms with Crippen molar-refractivity contribution in [1.29, 1.82) is 0 Å². The number of nitrogens with one attached hydrogen (secondary N) is 1. The van der Waals surface area contributed by atoms with Crippen molar-refractivity contribution >= 4 is 11.8 Å². The number of nitrogen functional groups attached to an aromatic ring is 1. The molecule has 118 valence electrons. The first-order chi connectivity index (χ1) is 10.0. The molecule has 3 N–H and O–H groups in total. The van der Waals surface area contributed by atoms with Crippen LogP contribution in [0.25, 0.3) is 0 Å². The zero-order valence-electron chi connectivity index (χ0n) is 13.5. The van der Waals surface area contributed by atoms with E-state index in [0.29, 0.717) is 17.7 Å². The largest absolute Gasteiger partial charge is 0.384 e. The van der Waals surface area contributed by atoms with E-state index in [2.05, 4.69) is 46.0 Å². The summed E-state index contributed by atoms with van der Waals surface area (Å²) in [4.78, 5) is 13.6. The Kier molecular flexibility index (Phi) is 5.76. The molecule has 2 rings (SSSR count). The number of nitrogens with zero attached hydrogens (tertiary/aromatic N) is 4. The lowest BCUT2D eigenvalue weighted by Gasteiger charge is -2.32. The molecule has 0 spiro atoms. The highest BCUT2D eigenvalue weighted by molar-refractivity contribution is 5.39. The predicted octanol–water partition coefficient (Wildman–Crippen LogP) is 1.23. The van der Waals surface area contributed by atoms with E-state index in [-0.39, 0.29) is 0 Å². The van der Waals surface area contributed by atoms with E-state index in [1.807, 2.05) is 6.07 Å². The SMILES string of the molecule is CC(C)c1cc(N)nc(NCCCN2CCN(C)CC2)n1. The summed E-state index contributed by atoms with van der Waals surface area (Å²) in [6.07, 6.45) is 1.10. The Bertz CT molecular complexity index is 440. The molecular weight excluding hydrogens is 264 g/mol. The molecule has 1 fully saturated rings. The van der Waals surface area contributed by atoms with Crippen molar-refractivity contribution < 1.29 is 0 Å². The van der Waals surface area contributed by atoms with Crippen LogP contribution < -0.4 is 11.1 Å². The third-order valence-corrected chi connectivity index (χ3v) is 3.89. The van der Waals surface area contributed by atoms with Gasteiger partial charge in [0.2, 0.25) is 5.95 Å². The molecule has 2 heterocycles. The van der Waals surface area contributed by atoms with Gasteiger partial charge in [-0.1, -0.05) is 13.8 Å². The zero-order chi connectivity index (χ0) is 15.2. The summed E-state index contributed by atoms with van der Waals surface area (Å²) in [5, 5.41) is 3.29. The van der Waals surface area contributed by atoms with E-state index in [1.165, 1.54) is 26.2 Å². The third kappa shape index (κ3) is 5.13. The van der Waals surface area contributed by atoms with Crippen molar-refractivity contribution in [2.45, 2.75) is 26.2 Å². The minimum absolute atomic E-state index is 0.362. The molecule has 0 radical (unpaired) electrons. The standard InChI is InChI=1S/C15H28N6/c1-12(2)13-11-14(16)19-15(18-13)17-5-4-6-21-9-7-20(3)8-10-21/h11-12H,4-10H2,1-3H3,(H3,16,17,18,19). The average Bonchev–Trinajstić information content (AvgIpc) is 2.45. The fourth-order valence-corrected chi connectivity index (χ4v) is 2.43. The second-order valence-corrected chi connectivity index (χ2v) is 6.12. The van der Waals surface area contributed by atoms with E-state index >= 15 is 0 Å². The summed E-state index contributed by atoms with van der Waals surface area (Å²) in [7, 11) is 2.18. The maximum absolute atomic E-state index is 5.83. The molecular formula is C15H28N6. The Morgan fingerprint density at radius 3 is 2.62 bits per heavy atom. The molecule has 21 heavy (non-hydrogen) atoms. The van der Waals surface area contributed by atoms with Crippen molar-refractivity contribution in [3.05, 3.63) is 11.8 Å². The third-order valence-electron chi connectivity index (χ3n) is 3.89. The number of likely N-dealkylation sites (N-methyl/N-ethyl adjacent to an activating group) is 1. The molecule has 1 aromatic heterocycles. The minimum Gasteiger partial charge on any atom is -0.384 e. The van der Waals surface area contributed by atoms with E-state index in [9.17, 15) is 0 Å². The van der Waals surface area contributed by atoms with Gasteiger partial charge in [-0.3, -0.25) is 0 Å². The highest BCUT2D eigenvalue weighted by Gasteiger charge is 2.12. The number of piperazine rings is 1. The summed E-state index contributed by atoms with van der Waals surface area (Å²) in [6, 6.07) is 1.85. The Hall–Kier alpha value is -1.40. The van der Waals surface area contributed by atoms with Crippen LogP contribution in [0.4, 0.5) is 11.8 Å². The van der Waals surface area contributed by atoms with E-state index in [0.717, 1.165) is 25.2 Å². The first kappa shape index (κ1) is 16.0. The molecule has 0 unspecified atom stereocenters. The van der Waals surface area contributed by atoms with Crippen LogP contribution in [0.15, 0.2) is 6.07 Å². The minimum atomic E-state index is 0.362. The summed E-state index contributed by atoms with van der Waals surface area (Å²) >= 11 is 0. The van der Waals surface area contributed by atoms with Crippen molar-refractivity contribution in [3.63, 3.8) is 0 Å². The van der Waals surface area contributed by atoms with Gasteiger partial charge >= 0.3 is 0 Å². The number of nitrogens with two attached hydrogens (primary N) is 1. The molecule has 0 bridgehead atoms. The highest BCUT2D eigenvalue weighted by Crippen LogP contribution is 2.15. The van der Waals surface area contributed by atoms with Crippen LogP contribution in [0, 0.1) is 0 Å². The van der Waals surface area contributed by atoms with Crippen LogP contribution in [-0.2, 0) is 0 Å². The summed E-state index contributed by atoms with van der Waals surface area (Å²) in [6.45, 7) is 10.9. The number of rotatable bonds is 6. The van der Waals surface area contributed by atoms with Gasteiger partial charge in [-0.25, -0.2) is 4.98 Å². The van der Waals surface area contributed by atoms with Gasteiger partial charge < -0.3 is 20.9 Å². The molecule has 6 nitrogen and oxygen atoms in total. The van der Waals surface area contributed by atoms with Crippen LogP contribution in [0.1, 0.15) is 31.9 Å². The number of hydrogen-bond acceptors (Lipinski definition) is 6. The van der Waals surface area contributed by atoms with E-state index < -0.39 is 0 Å². The maximum atomic E-state index is 5.83. The van der Waals surface area contributed by atoms with Crippen molar-refractivity contribution in [3.8, 4) is 0 Å². The summed E-state index contributed by atoms with van der Waals surface area (Å²) < 4.78 is 0. The Balaban J connectivity index is 1.73. The van der Waals surface area contributed by atoms with E-state index in [4.69, 9.17) is 5.73 Å². The van der Waals surface area contributed by atoms with Gasteiger partial charge in [0.15, 0.2) is 0 Å². The van der Waals surface area contributed by atoms with Gasteiger partial charge in [0, 0.05) is 38.8 Å². The first-order valence-corrected chi connectivity index (χ1v) is 7.84. The molecule has 0 amide bonds. The summed E-state index contributed by atoms with van der Waals surface area (Å²) in [5.41, 5.74) is 6.82. The van der Waals surface area contributed by atoms with Crippen LogP contribution in [0.2, 0.25) is 0 Å². The second-order valence-electron chi connectivity index (χ2n) is 6.12. The van der Waals surface area contributed by atoms with Gasteiger partial charge in [-0.2, -0.15) is 4.98 Å². The fourth-order valence-electron chi connectivity index (χ4n) is 2.43. The van der Waals surface area contributed by atoms with Gasteiger partial charge in [0.25, 0.3) is 0 Å². The van der Waals surface area contributed by atoms with Crippen LogP contribution in [-0.4, -0.2) is 66.1 Å². The molecule has 0 atom stereocenters. The molecule has 0 saturated carbocycles. The van der Waals surface area contributed by atoms with E-state index in [1.54, 1.807) is 0 Å². The normalized spacial score (nSPS) is 17.3. The Morgan fingerprint density at radius 2 is 1.95 bits per heavy atom. The lowest BCUT2D eigenvalue weighted by molar-refractivity contribution is 0.154. The fraction of sp³-hybridized carbons (Fsp3) is 0.733.